The van der Waals surface area contributed by atoms with E-state index in [0.29, 0.717) is 29.4 Å². The lowest BCUT2D eigenvalue weighted by Gasteiger charge is -2.26. The number of halogens is 4. The van der Waals surface area contributed by atoms with Crippen LogP contribution in [0.1, 0.15) is 40.4 Å². The second kappa shape index (κ2) is 16.0. The van der Waals surface area contributed by atoms with Crippen molar-refractivity contribution in [3.8, 4) is 11.5 Å². The summed E-state index contributed by atoms with van der Waals surface area (Å²) in [6, 6.07) is 9.82. The van der Waals surface area contributed by atoms with Crippen LogP contribution in [0, 0.1) is 5.92 Å². The number of nitrogens with one attached hydrogen (secondary N) is 1. The van der Waals surface area contributed by atoms with E-state index in [1.807, 2.05) is 0 Å². The number of pyridine rings is 1. The Morgan fingerprint density at radius 3 is 2.44 bits per heavy atom. The van der Waals surface area contributed by atoms with Gasteiger partial charge in [-0.05, 0) is 54.7 Å². The number of sulfonamides is 1. The molecule has 1 aromatic heterocycles. The molecule has 0 unspecified atom stereocenters. The van der Waals surface area contributed by atoms with Gasteiger partial charge in [0, 0.05) is 43.9 Å². The summed E-state index contributed by atoms with van der Waals surface area (Å²) in [6.07, 6.45) is 3.80. The number of H-pyrrole nitrogens is 1. The van der Waals surface area contributed by atoms with Crippen LogP contribution in [0.3, 0.4) is 0 Å². The van der Waals surface area contributed by atoms with Crippen molar-refractivity contribution in [1.29, 1.82) is 0 Å². The Kier molecular flexibility index (Phi) is 12.5. The summed E-state index contributed by atoms with van der Waals surface area (Å²) in [6.45, 7) is -2.77. The summed E-state index contributed by atoms with van der Waals surface area (Å²) >= 11 is 14.0. The zero-order chi connectivity index (χ0) is 33.9. The molecule has 2 aliphatic rings. The van der Waals surface area contributed by atoms with Crippen molar-refractivity contribution < 1.29 is 51.5 Å². The van der Waals surface area contributed by atoms with Crippen LogP contribution in [-0.4, -0.2) is 80.0 Å². The zero-order valence-electron chi connectivity index (χ0n) is 25.8. The fourth-order valence-corrected chi connectivity index (χ4v) is 8.50. The van der Waals surface area contributed by atoms with Crippen molar-refractivity contribution in [2.75, 3.05) is 33.0 Å². The molecule has 1 amide bonds. The minimum atomic E-state index is -4.23. The number of esters is 1. The van der Waals surface area contributed by atoms with Gasteiger partial charge in [0.25, 0.3) is 5.91 Å². The Hall–Kier alpha value is -3.21. The van der Waals surface area contributed by atoms with E-state index in [1.54, 1.807) is 14.1 Å². The minimum absolute atomic E-state index is 0. The Morgan fingerprint density at radius 1 is 1.08 bits per heavy atom. The number of alkyl halides is 2. The lowest BCUT2D eigenvalue weighted by atomic mass is 10.0. The number of benzene rings is 2. The fraction of sp³-hybridized carbons (Fsp3) is 0.387. The van der Waals surface area contributed by atoms with Crippen LogP contribution in [0.4, 0.5) is 8.78 Å². The molecular weight excluding hydrogens is 715 g/mol. The number of ether oxygens (including phenoxy) is 3. The number of thioether (sulfide) groups is 1. The molecule has 5 rings (SSSR count). The largest absolute Gasteiger partial charge is 0.870 e. The second-order valence-corrected chi connectivity index (χ2v) is 15.1. The second-order valence-electron chi connectivity index (χ2n) is 11.2. The van der Waals surface area contributed by atoms with Crippen LogP contribution >= 0.6 is 35.0 Å². The molecule has 0 radical (unpaired) electrons. The molecule has 17 heteroatoms. The van der Waals surface area contributed by atoms with E-state index in [2.05, 4.69) is 9.72 Å². The molecule has 1 saturated heterocycles. The first-order valence-electron chi connectivity index (χ1n) is 14.6. The SMILES string of the molecule is CN(C)C(=O)c1cccc(S(=O)(=O)N2CCS[C@H]2C(=O)O[C@@H](Cc2c(Cl)c[nH+]cc2Cl)c2ccc(OC(F)F)c(OCC3CC3)c2)c1.[OH-]. The molecule has 2 heterocycles. The van der Waals surface area contributed by atoms with Gasteiger partial charge in [-0.2, -0.15) is 13.1 Å². The van der Waals surface area contributed by atoms with E-state index in [1.165, 1.54) is 59.8 Å². The van der Waals surface area contributed by atoms with Gasteiger partial charge in [0.1, 0.15) is 16.1 Å². The number of rotatable bonds is 13. The maximum Gasteiger partial charge on any atom is 0.387 e. The highest BCUT2D eigenvalue weighted by atomic mass is 35.5. The summed E-state index contributed by atoms with van der Waals surface area (Å²) in [5.74, 6) is -0.758. The lowest BCUT2D eigenvalue weighted by molar-refractivity contribution is -0.377. The van der Waals surface area contributed by atoms with Crippen molar-refractivity contribution in [2.24, 2.45) is 5.92 Å². The molecule has 2 N–H and O–H groups in total. The third-order valence-electron chi connectivity index (χ3n) is 7.52. The Balaban J connectivity index is 0.00000520. The molecule has 0 spiro atoms. The number of nitrogens with zero attached hydrogens (tertiary/aromatic N) is 2. The number of aromatic amines is 1. The molecule has 1 saturated carbocycles. The molecule has 11 nitrogen and oxygen atoms in total. The third kappa shape index (κ3) is 8.87. The van der Waals surface area contributed by atoms with Crippen LogP contribution in [0.25, 0.3) is 0 Å². The van der Waals surface area contributed by atoms with Crippen molar-refractivity contribution in [1.82, 2.24) is 9.21 Å². The number of hydrogen-bond acceptors (Lipinski definition) is 9. The van der Waals surface area contributed by atoms with Crippen molar-refractivity contribution in [2.45, 2.75) is 42.2 Å². The molecule has 0 bridgehead atoms. The number of hydrogen-bond donors (Lipinski definition) is 0. The number of carbonyl (C=O) groups is 2. The summed E-state index contributed by atoms with van der Waals surface area (Å²) in [5.41, 5.74) is 0.970. The smallest absolute Gasteiger partial charge is 0.387 e. The normalized spacial score (nSPS) is 17.0. The van der Waals surface area contributed by atoms with Gasteiger partial charge in [0.05, 0.1) is 11.5 Å². The first-order valence-corrected chi connectivity index (χ1v) is 17.8. The van der Waals surface area contributed by atoms with E-state index in [0.717, 1.165) is 28.9 Å². The fourth-order valence-electron chi connectivity index (χ4n) is 4.88. The van der Waals surface area contributed by atoms with E-state index in [9.17, 15) is 26.8 Å². The van der Waals surface area contributed by atoms with Crippen molar-refractivity contribution >= 4 is 56.9 Å². The Labute approximate surface area is 290 Å². The first kappa shape index (κ1) is 37.6. The third-order valence-corrected chi connectivity index (χ3v) is 11.4. The number of amides is 1. The molecule has 3 aromatic rings. The van der Waals surface area contributed by atoms with Crippen LogP contribution in [0.2, 0.25) is 10.0 Å². The summed E-state index contributed by atoms with van der Waals surface area (Å²) in [7, 11) is -1.13. The van der Waals surface area contributed by atoms with E-state index in [-0.39, 0.29) is 56.4 Å². The monoisotopic (exact) mass is 747 g/mol. The van der Waals surface area contributed by atoms with Gasteiger partial charge < -0.3 is 24.6 Å². The molecule has 2 atom stereocenters. The quantitative estimate of drug-likeness (QED) is 0.212. The Bertz CT molecular complexity index is 1730. The number of aromatic nitrogens is 1. The van der Waals surface area contributed by atoms with Crippen LogP contribution < -0.4 is 14.5 Å². The zero-order valence-corrected chi connectivity index (χ0v) is 28.9. The topological polar surface area (TPSA) is 147 Å². The summed E-state index contributed by atoms with van der Waals surface area (Å²) in [5, 5.41) is -0.737. The standard InChI is InChI=1S/C31H31Cl2F2N3O7S2.H2O/c1-37(2)28(39)20-4-3-5-21(12-20)47(41,42)38-10-11-46-29(38)30(40)44-26(14-22-23(32)15-36-16-24(22)33)19-8-9-25(45-31(34)35)27(13-19)43-17-18-6-7-18;/h3-5,8-9,12-13,15-16,18,26,29,31H,6-7,10-11,14,17H2,1-2H3;1H2/t26-,29-;/m0./s1. The molecule has 2 aromatic carbocycles. The molecule has 2 fully saturated rings. The highest BCUT2D eigenvalue weighted by Gasteiger charge is 2.42. The molecule has 260 valence electrons. The van der Waals surface area contributed by atoms with Gasteiger partial charge in [-0.3, -0.25) is 4.79 Å². The van der Waals surface area contributed by atoms with Gasteiger partial charge in [-0.25, -0.2) is 18.2 Å². The van der Waals surface area contributed by atoms with Gasteiger partial charge >= 0.3 is 12.6 Å². The maximum atomic E-state index is 13.8. The predicted molar refractivity (Wildman–Crippen MR) is 173 cm³/mol. The first-order chi connectivity index (χ1) is 22.3. The molecular formula is C31H33Cl2F2N3O8S2. The van der Waals surface area contributed by atoms with Crippen LogP contribution in [0.15, 0.2) is 59.8 Å². The summed E-state index contributed by atoms with van der Waals surface area (Å²) in [4.78, 5) is 30.3. The highest BCUT2D eigenvalue weighted by Crippen LogP contribution is 2.39. The Morgan fingerprint density at radius 2 is 1.79 bits per heavy atom. The summed E-state index contributed by atoms with van der Waals surface area (Å²) < 4.78 is 71.5. The van der Waals surface area contributed by atoms with E-state index in [4.69, 9.17) is 32.7 Å². The van der Waals surface area contributed by atoms with Gasteiger partial charge in [-0.1, -0.05) is 35.3 Å². The maximum absolute atomic E-state index is 13.8. The average molecular weight is 749 g/mol. The molecule has 1 aliphatic carbocycles. The van der Waals surface area contributed by atoms with E-state index >= 15 is 0 Å². The van der Waals surface area contributed by atoms with Crippen LogP contribution in [0.5, 0.6) is 11.5 Å². The molecule has 1 aliphatic heterocycles. The van der Waals surface area contributed by atoms with Crippen molar-refractivity contribution in [3.63, 3.8) is 0 Å². The lowest BCUT2D eigenvalue weighted by Crippen LogP contribution is -2.40. The van der Waals surface area contributed by atoms with E-state index < -0.39 is 34.1 Å². The highest BCUT2D eigenvalue weighted by molar-refractivity contribution is 8.02. The van der Waals surface area contributed by atoms with Gasteiger partial charge in [0.2, 0.25) is 10.0 Å². The number of carbonyl (C=O) groups excluding carboxylic acids is 2. The minimum Gasteiger partial charge on any atom is -0.870 e. The van der Waals surface area contributed by atoms with Crippen molar-refractivity contribution in [3.05, 3.63) is 81.6 Å². The van der Waals surface area contributed by atoms with Gasteiger partial charge in [0.15, 0.2) is 29.3 Å². The average Bonchev–Trinajstić information content (AvgIpc) is 3.72. The van der Waals surface area contributed by atoms with Crippen LogP contribution in [-0.2, 0) is 26.0 Å². The predicted octanol–water partition coefficient (Wildman–Crippen LogP) is 5.31. The molecule has 48 heavy (non-hydrogen) atoms. The van der Waals surface area contributed by atoms with Gasteiger partial charge in [-0.15, -0.1) is 11.8 Å².